The minimum absolute atomic E-state index is 0.00832. The summed E-state index contributed by atoms with van der Waals surface area (Å²) in [6.07, 6.45) is 5.11. The quantitative estimate of drug-likeness (QED) is 0.0157. The number of methoxy groups -OCH3 is 1. The maximum absolute atomic E-state index is 14.2. The van der Waals surface area contributed by atoms with Crippen molar-refractivity contribution in [1.29, 1.82) is 0 Å². The highest BCUT2D eigenvalue weighted by molar-refractivity contribution is 7.81. The van der Waals surface area contributed by atoms with Gasteiger partial charge in [0.15, 0.2) is 23.1 Å². The molecule has 1 fully saturated rings. The van der Waals surface area contributed by atoms with Gasteiger partial charge in [0.2, 0.25) is 29.5 Å². The van der Waals surface area contributed by atoms with E-state index >= 15 is 0 Å². The molecule has 7 atom stereocenters. The number of benzene rings is 5. The van der Waals surface area contributed by atoms with Crippen molar-refractivity contribution in [3.8, 4) is 17.2 Å². The number of anilines is 2. The van der Waals surface area contributed by atoms with E-state index in [0.717, 1.165) is 18.4 Å². The van der Waals surface area contributed by atoms with Crippen molar-refractivity contribution < 1.29 is 47.8 Å². The summed E-state index contributed by atoms with van der Waals surface area (Å²) in [5.74, 6) is -0.753. The van der Waals surface area contributed by atoms with Crippen LogP contribution in [0.2, 0.25) is 0 Å². The van der Waals surface area contributed by atoms with Crippen LogP contribution in [0, 0.1) is 44.4 Å². The molecule has 2 aliphatic rings. The Balaban J connectivity index is 1.04. The Morgan fingerprint density at radius 2 is 1.39 bits per heavy atom. The standard InChI is InChI=1S/C69H85N7O10S/c1-40(26-52-20-14-12-18-41(52)2)36-71-58-34-60(43(4)27-56(58)49(10)77)85-38-50-29-51(39-86-62-35-59-57(33-61(62)84-11)66(80)46(7)45(6)54(37-72-59)32-53-21-15-13-19-42(53)3)31-55(30-50)75-68(82)48(9)74-67(81)47(8)73-65(79)23-17-16-22-64(78)70-24-25-76-44(5)28-63(87)69(76)83/h12-15,18-21,27,29-31,33-35,37,40,45-48,54,63,71,87H,5,16-17,22-26,28,32,36,38-39H2,1-4,6-11H3,(H,70,78)(H,73,79)(H,74,81)(H,75,82)/t40-,45?,46?,47-,48-,54-,63?/m0/s1. The van der Waals surface area contributed by atoms with E-state index in [-0.39, 0.29) is 85.6 Å². The molecule has 2 aliphatic heterocycles. The van der Waals surface area contributed by atoms with Crippen molar-refractivity contribution in [2.24, 2.45) is 28.7 Å². The van der Waals surface area contributed by atoms with Gasteiger partial charge in [-0.1, -0.05) is 75.9 Å². The molecule has 5 N–H and O–H groups in total. The summed E-state index contributed by atoms with van der Waals surface area (Å²) in [7, 11) is 1.51. The van der Waals surface area contributed by atoms with Gasteiger partial charge in [0, 0.05) is 97.3 Å². The average Bonchev–Trinajstić information content (AvgIpc) is 2.33. The van der Waals surface area contributed by atoms with Crippen LogP contribution >= 0.6 is 12.6 Å². The molecular weight excluding hydrogens is 1120 g/mol. The molecule has 0 aromatic heterocycles. The van der Waals surface area contributed by atoms with E-state index in [1.807, 2.05) is 62.5 Å². The van der Waals surface area contributed by atoms with Crippen LogP contribution in [-0.2, 0) is 50.0 Å². The molecule has 18 heteroatoms. The second-order valence-corrected chi connectivity index (χ2v) is 24.0. The van der Waals surface area contributed by atoms with Crippen molar-refractivity contribution in [2.75, 3.05) is 37.4 Å². The predicted molar refractivity (Wildman–Crippen MR) is 345 cm³/mol. The number of thiol groups is 1. The van der Waals surface area contributed by atoms with E-state index < -0.39 is 29.1 Å². The predicted octanol–water partition coefficient (Wildman–Crippen LogP) is 11.0. The van der Waals surface area contributed by atoms with Crippen LogP contribution in [0.4, 0.5) is 17.1 Å². The lowest BCUT2D eigenvalue weighted by atomic mass is 9.76. The van der Waals surface area contributed by atoms with Gasteiger partial charge >= 0.3 is 0 Å². The van der Waals surface area contributed by atoms with E-state index in [4.69, 9.17) is 19.2 Å². The number of carbonyl (C=O) groups is 7. The first-order valence-electron chi connectivity index (χ1n) is 30.0. The number of ketones is 2. The third-order valence-corrected chi connectivity index (χ3v) is 16.8. The Morgan fingerprint density at radius 1 is 0.759 bits per heavy atom. The van der Waals surface area contributed by atoms with Crippen LogP contribution in [0.1, 0.15) is 133 Å². The van der Waals surface area contributed by atoms with Gasteiger partial charge in [0.05, 0.1) is 18.0 Å². The second kappa shape index (κ2) is 30.9. The lowest BCUT2D eigenvalue weighted by Gasteiger charge is -2.28. The number of ether oxygens (including phenoxy) is 3. The topological polar surface area (TPSA) is 223 Å². The number of allylic oxidation sites excluding steroid dienone is 1. The van der Waals surface area contributed by atoms with Crippen LogP contribution in [0.25, 0.3) is 0 Å². The van der Waals surface area contributed by atoms with Gasteiger partial charge in [0.25, 0.3) is 0 Å². The van der Waals surface area contributed by atoms with Crippen molar-refractivity contribution in [3.63, 3.8) is 0 Å². The Bertz CT molecular complexity index is 3400. The van der Waals surface area contributed by atoms with Crippen LogP contribution in [0.5, 0.6) is 17.2 Å². The molecule has 1 saturated heterocycles. The highest BCUT2D eigenvalue weighted by Crippen LogP contribution is 2.40. The first kappa shape index (κ1) is 66.3. The van der Waals surface area contributed by atoms with Gasteiger partial charge in [-0.3, -0.25) is 38.6 Å². The van der Waals surface area contributed by atoms with Crippen molar-refractivity contribution >= 4 is 77.0 Å². The number of hydrogen-bond acceptors (Lipinski definition) is 13. The lowest BCUT2D eigenvalue weighted by molar-refractivity contribution is -0.130. The minimum atomic E-state index is -1.04. The summed E-state index contributed by atoms with van der Waals surface area (Å²) in [6, 6.07) is 27.1. The van der Waals surface area contributed by atoms with Gasteiger partial charge in [-0.2, -0.15) is 12.6 Å². The molecule has 0 bridgehead atoms. The fourth-order valence-corrected chi connectivity index (χ4v) is 11.2. The number of carbonyl (C=O) groups excluding carboxylic acids is 7. The second-order valence-electron chi connectivity index (χ2n) is 23.4. The molecule has 17 nitrogen and oxygen atoms in total. The normalized spacial score (nSPS) is 17.5. The molecule has 87 heavy (non-hydrogen) atoms. The van der Waals surface area contributed by atoms with E-state index in [1.165, 1.54) is 48.1 Å². The smallest absolute Gasteiger partial charge is 0.246 e. The molecule has 5 amide bonds. The summed E-state index contributed by atoms with van der Waals surface area (Å²) in [5.41, 5.74) is 10.1. The summed E-state index contributed by atoms with van der Waals surface area (Å²) < 4.78 is 18.9. The van der Waals surface area contributed by atoms with E-state index in [2.05, 4.69) is 97.8 Å². The number of fused-ring (bicyclic) bond motifs is 1. The van der Waals surface area contributed by atoms with Crippen LogP contribution in [0.3, 0.4) is 0 Å². The van der Waals surface area contributed by atoms with E-state index in [0.29, 0.717) is 94.6 Å². The number of aryl methyl sites for hydroxylation is 3. The number of amides is 5. The molecule has 462 valence electrons. The number of unbranched alkanes of at least 4 members (excludes halogenated alkanes) is 1. The minimum Gasteiger partial charge on any atom is -0.493 e. The number of nitrogens with zero attached hydrogens (tertiary/aromatic N) is 2. The number of likely N-dealkylation sites (tertiary alicyclic amines) is 1. The third-order valence-electron chi connectivity index (χ3n) is 16.4. The Hall–Kier alpha value is -8.25. The molecule has 5 aromatic rings. The zero-order valence-electron chi connectivity index (χ0n) is 51.9. The monoisotopic (exact) mass is 1200 g/mol. The van der Waals surface area contributed by atoms with Gasteiger partial charge < -0.3 is 45.7 Å². The largest absolute Gasteiger partial charge is 0.493 e. The Morgan fingerprint density at radius 3 is 2.02 bits per heavy atom. The Kier molecular flexibility index (Phi) is 23.5. The van der Waals surface area contributed by atoms with Crippen LogP contribution in [0.15, 0.2) is 108 Å². The molecule has 0 aliphatic carbocycles. The summed E-state index contributed by atoms with van der Waals surface area (Å²) in [5, 5.41) is 14.2. The number of nitrogens with one attached hydrogen (secondary N) is 5. The number of aliphatic imine (C=N–C) groups is 1. The average molecular weight is 1200 g/mol. The highest BCUT2D eigenvalue weighted by atomic mass is 32.1. The van der Waals surface area contributed by atoms with Gasteiger partial charge in [0.1, 0.15) is 31.0 Å². The lowest BCUT2D eigenvalue weighted by Crippen LogP contribution is -2.50. The van der Waals surface area contributed by atoms with Gasteiger partial charge in [-0.05, 0) is 148 Å². The van der Waals surface area contributed by atoms with E-state index in [1.54, 1.807) is 31.2 Å². The molecule has 3 unspecified atom stereocenters. The summed E-state index contributed by atoms with van der Waals surface area (Å²) in [4.78, 5) is 98.5. The van der Waals surface area contributed by atoms with Crippen molar-refractivity contribution in [1.82, 2.24) is 20.9 Å². The first-order chi connectivity index (χ1) is 41.5. The molecule has 2 heterocycles. The maximum Gasteiger partial charge on any atom is 0.246 e. The van der Waals surface area contributed by atoms with Crippen molar-refractivity contribution in [2.45, 2.75) is 138 Å². The Labute approximate surface area is 517 Å². The molecule has 0 saturated carbocycles. The molecular formula is C69H85N7O10S. The molecule has 0 radical (unpaired) electrons. The highest BCUT2D eigenvalue weighted by Gasteiger charge is 2.33. The summed E-state index contributed by atoms with van der Waals surface area (Å²) in [6.45, 7) is 22.0. The van der Waals surface area contributed by atoms with Gasteiger partial charge in [-0.15, -0.1) is 0 Å². The zero-order chi connectivity index (χ0) is 63.1. The van der Waals surface area contributed by atoms with Crippen LogP contribution in [-0.4, -0.2) is 96.3 Å². The number of rotatable bonds is 28. The first-order valence-corrected chi connectivity index (χ1v) is 30.5. The molecule has 5 aromatic carbocycles. The van der Waals surface area contributed by atoms with Crippen LogP contribution < -0.4 is 40.8 Å². The fraction of sp³-hybridized carbons (Fsp3) is 0.420. The number of hydrogen-bond donors (Lipinski definition) is 6. The summed E-state index contributed by atoms with van der Waals surface area (Å²) >= 11 is 4.27. The third kappa shape index (κ3) is 18.2. The molecule has 7 rings (SSSR count). The van der Waals surface area contributed by atoms with Crippen molar-refractivity contribution in [3.05, 3.63) is 153 Å². The molecule has 0 spiro atoms. The fourth-order valence-electron chi connectivity index (χ4n) is 10.8. The zero-order valence-corrected chi connectivity index (χ0v) is 52.8. The number of Topliss-reactive ketones (excluding diaryl/α,β-unsaturated/α-hetero) is 2. The SMILES string of the molecule is C=C1CC(S)C(=O)N1CCNC(=O)CCCCC(=O)N[C@@H](C)C(=O)N[C@@H](C)C(=O)Nc1cc(COc2cc(NC[C@@H](C)Cc3ccccc3C)c(C(C)=O)cc2C)cc(COc2cc3c(cc2OC)C(=O)C(C)C(C)[C@@H](Cc2ccccc2C)C=N3)c1. The maximum atomic E-state index is 14.2. The van der Waals surface area contributed by atoms with E-state index in [9.17, 15) is 33.6 Å². The van der Waals surface area contributed by atoms with Gasteiger partial charge in [-0.25, -0.2) is 0 Å².